The number of carbonyl (C=O) groups is 1. The lowest BCUT2D eigenvalue weighted by Gasteiger charge is -2.29. The molecule has 3 rings (SSSR count). The second kappa shape index (κ2) is 6.91. The van der Waals surface area contributed by atoms with Crippen LogP contribution in [0.3, 0.4) is 0 Å². The highest BCUT2D eigenvalue weighted by molar-refractivity contribution is 7.12. The fourth-order valence-corrected chi connectivity index (χ4v) is 4.32. The zero-order valence-corrected chi connectivity index (χ0v) is 15.1. The Morgan fingerprint density at radius 2 is 2.09 bits per heavy atom. The topological polar surface area (TPSA) is 47.6 Å². The summed E-state index contributed by atoms with van der Waals surface area (Å²) in [5.74, 6) is 0.847. The van der Waals surface area contributed by atoms with E-state index >= 15 is 0 Å². The van der Waals surface area contributed by atoms with Crippen molar-refractivity contribution in [3.8, 4) is 0 Å². The summed E-state index contributed by atoms with van der Waals surface area (Å²) in [7, 11) is 0. The highest BCUT2D eigenvalue weighted by atomic mass is 32.1. The van der Waals surface area contributed by atoms with Crippen LogP contribution in [-0.4, -0.2) is 32.0 Å². The molecule has 1 aliphatic heterocycles. The minimum absolute atomic E-state index is 0.00214. The Hall–Kier alpha value is -0.910. The van der Waals surface area contributed by atoms with Crippen molar-refractivity contribution in [1.82, 2.24) is 5.32 Å². The van der Waals surface area contributed by atoms with E-state index in [0.29, 0.717) is 19.1 Å². The Bertz CT molecular complexity index is 548. The zero-order valence-electron chi connectivity index (χ0n) is 14.3. The average molecular weight is 337 g/mol. The Labute approximate surface area is 142 Å². The normalized spacial score (nSPS) is 24.8. The summed E-state index contributed by atoms with van der Waals surface area (Å²) in [6, 6.07) is 4.31. The summed E-state index contributed by atoms with van der Waals surface area (Å²) >= 11 is 1.82. The van der Waals surface area contributed by atoms with Gasteiger partial charge in [0, 0.05) is 33.5 Å². The molecule has 1 amide bonds. The second-order valence-corrected chi connectivity index (χ2v) is 8.67. The van der Waals surface area contributed by atoms with Crippen LogP contribution in [0.5, 0.6) is 0 Å². The Balaban J connectivity index is 1.35. The molecule has 0 unspecified atom stereocenters. The standard InChI is InChI=1S/C18H27NO3S/c1-12-5-6-15(23-12)13-11-14(13)16(20)19-8-4-7-18(2,3)17-21-9-10-22-17/h5-6,13-14,17H,4,7-11H2,1-3H3,(H,19,20)/t13-,14-/m0/s1. The molecule has 1 aromatic heterocycles. The van der Waals surface area contributed by atoms with Gasteiger partial charge in [0.25, 0.3) is 0 Å². The molecule has 1 aliphatic carbocycles. The number of amides is 1. The quantitative estimate of drug-likeness (QED) is 0.775. The van der Waals surface area contributed by atoms with Gasteiger partial charge in [-0.3, -0.25) is 4.79 Å². The summed E-state index contributed by atoms with van der Waals surface area (Å²) in [5.41, 5.74) is -0.00214. The molecule has 0 radical (unpaired) electrons. The number of rotatable bonds is 7. The first-order valence-corrected chi connectivity index (χ1v) is 9.36. The van der Waals surface area contributed by atoms with E-state index in [1.54, 1.807) is 0 Å². The third-order valence-electron chi connectivity index (χ3n) is 4.81. The van der Waals surface area contributed by atoms with E-state index in [9.17, 15) is 4.79 Å². The Kier molecular flexibility index (Phi) is 5.09. The molecule has 4 nitrogen and oxygen atoms in total. The van der Waals surface area contributed by atoms with Gasteiger partial charge in [-0.1, -0.05) is 13.8 Å². The predicted octanol–water partition coefficient (Wildman–Crippen LogP) is 3.46. The van der Waals surface area contributed by atoms with Crippen molar-refractivity contribution in [3.05, 3.63) is 21.9 Å². The fourth-order valence-electron chi connectivity index (χ4n) is 3.27. The van der Waals surface area contributed by atoms with Crippen LogP contribution in [0.4, 0.5) is 0 Å². The smallest absolute Gasteiger partial charge is 0.223 e. The number of hydrogen-bond acceptors (Lipinski definition) is 4. The van der Waals surface area contributed by atoms with E-state index in [1.807, 2.05) is 11.3 Å². The molecule has 1 aromatic rings. The van der Waals surface area contributed by atoms with Crippen molar-refractivity contribution in [2.75, 3.05) is 19.8 Å². The molecule has 128 valence electrons. The van der Waals surface area contributed by atoms with Gasteiger partial charge in [-0.05, 0) is 38.3 Å². The third-order valence-corrected chi connectivity index (χ3v) is 5.94. The number of hydrogen-bond donors (Lipinski definition) is 1. The van der Waals surface area contributed by atoms with E-state index in [-0.39, 0.29) is 23.5 Å². The van der Waals surface area contributed by atoms with Crippen LogP contribution in [0.1, 0.15) is 48.8 Å². The molecule has 23 heavy (non-hydrogen) atoms. The highest BCUT2D eigenvalue weighted by Crippen LogP contribution is 2.49. The SMILES string of the molecule is Cc1ccc([C@H]2C[C@@H]2C(=O)NCCCC(C)(C)C2OCCO2)s1. The lowest BCUT2D eigenvalue weighted by atomic mass is 9.87. The van der Waals surface area contributed by atoms with Crippen molar-refractivity contribution >= 4 is 17.2 Å². The summed E-state index contributed by atoms with van der Waals surface area (Å²) in [5, 5.41) is 3.10. The molecular weight excluding hydrogens is 310 g/mol. The fraction of sp³-hybridized carbons (Fsp3) is 0.722. The average Bonchev–Trinajstić information content (AvgIpc) is 2.92. The number of ether oxygens (including phenoxy) is 2. The van der Waals surface area contributed by atoms with Gasteiger partial charge in [0.05, 0.1) is 13.2 Å². The monoisotopic (exact) mass is 337 g/mol. The van der Waals surface area contributed by atoms with Crippen molar-refractivity contribution in [3.63, 3.8) is 0 Å². The van der Waals surface area contributed by atoms with Crippen LogP contribution in [-0.2, 0) is 14.3 Å². The first-order chi connectivity index (χ1) is 11.0. The number of carbonyl (C=O) groups excluding carboxylic acids is 1. The van der Waals surface area contributed by atoms with Gasteiger partial charge in [-0.2, -0.15) is 0 Å². The van der Waals surface area contributed by atoms with Gasteiger partial charge < -0.3 is 14.8 Å². The van der Waals surface area contributed by atoms with Crippen molar-refractivity contribution in [1.29, 1.82) is 0 Å². The van der Waals surface area contributed by atoms with Crippen LogP contribution in [0.2, 0.25) is 0 Å². The molecular formula is C18H27NO3S. The summed E-state index contributed by atoms with van der Waals surface area (Å²) in [6.45, 7) is 8.57. The minimum atomic E-state index is -0.104. The number of nitrogens with one attached hydrogen (secondary N) is 1. The molecule has 0 bridgehead atoms. The first-order valence-electron chi connectivity index (χ1n) is 8.54. The molecule has 5 heteroatoms. The van der Waals surface area contributed by atoms with Gasteiger partial charge >= 0.3 is 0 Å². The van der Waals surface area contributed by atoms with Gasteiger partial charge in [0.2, 0.25) is 5.91 Å². The molecule has 2 aliphatic rings. The maximum absolute atomic E-state index is 12.2. The second-order valence-electron chi connectivity index (χ2n) is 7.35. The molecule has 2 heterocycles. The largest absolute Gasteiger partial charge is 0.356 e. The summed E-state index contributed by atoms with van der Waals surface area (Å²) in [4.78, 5) is 14.9. The number of aryl methyl sites for hydroxylation is 1. The van der Waals surface area contributed by atoms with Gasteiger partial charge in [-0.25, -0.2) is 0 Å². The molecule has 0 spiro atoms. The van der Waals surface area contributed by atoms with Crippen LogP contribution >= 0.6 is 11.3 Å². The van der Waals surface area contributed by atoms with E-state index < -0.39 is 0 Å². The maximum Gasteiger partial charge on any atom is 0.223 e. The predicted molar refractivity (Wildman–Crippen MR) is 91.6 cm³/mol. The van der Waals surface area contributed by atoms with E-state index in [1.165, 1.54) is 9.75 Å². The number of thiophene rings is 1. The van der Waals surface area contributed by atoms with Crippen LogP contribution in [0.25, 0.3) is 0 Å². The van der Waals surface area contributed by atoms with Gasteiger partial charge in [-0.15, -0.1) is 11.3 Å². The summed E-state index contributed by atoms with van der Waals surface area (Å²) in [6.07, 6.45) is 2.84. The van der Waals surface area contributed by atoms with Crippen LogP contribution in [0, 0.1) is 18.3 Å². The molecule has 2 atom stereocenters. The summed E-state index contributed by atoms with van der Waals surface area (Å²) < 4.78 is 11.2. The molecule has 1 saturated heterocycles. The molecule has 1 N–H and O–H groups in total. The Morgan fingerprint density at radius 1 is 1.35 bits per heavy atom. The molecule has 1 saturated carbocycles. The van der Waals surface area contributed by atoms with E-state index in [0.717, 1.165) is 25.8 Å². The first kappa shape index (κ1) is 16.9. The van der Waals surface area contributed by atoms with Crippen LogP contribution < -0.4 is 5.32 Å². The lowest BCUT2D eigenvalue weighted by Crippen LogP contribution is -2.32. The van der Waals surface area contributed by atoms with Crippen molar-refractivity contribution in [2.24, 2.45) is 11.3 Å². The van der Waals surface area contributed by atoms with Crippen molar-refractivity contribution < 1.29 is 14.3 Å². The lowest BCUT2D eigenvalue weighted by molar-refractivity contribution is -0.124. The van der Waals surface area contributed by atoms with Gasteiger partial charge in [0.1, 0.15) is 0 Å². The van der Waals surface area contributed by atoms with Gasteiger partial charge in [0.15, 0.2) is 6.29 Å². The zero-order chi connectivity index (χ0) is 16.4. The van der Waals surface area contributed by atoms with Crippen LogP contribution in [0.15, 0.2) is 12.1 Å². The third kappa shape index (κ3) is 4.14. The van der Waals surface area contributed by atoms with Crippen molar-refractivity contribution in [2.45, 2.75) is 52.2 Å². The van der Waals surface area contributed by atoms with E-state index in [4.69, 9.17) is 9.47 Å². The highest BCUT2D eigenvalue weighted by Gasteiger charge is 2.44. The molecule has 0 aromatic carbocycles. The molecule has 2 fully saturated rings. The maximum atomic E-state index is 12.2. The Morgan fingerprint density at radius 3 is 2.74 bits per heavy atom. The van der Waals surface area contributed by atoms with E-state index in [2.05, 4.69) is 38.2 Å². The minimum Gasteiger partial charge on any atom is -0.356 e.